The number of H-pyrrole nitrogens is 1. The Morgan fingerprint density at radius 1 is 1.29 bits per heavy atom. The number of piperidine rings is 1. The Morgan fingerprint density at radius 2 is 2.00 bits per heavy atom. The SMILES string of the molecule is CNCCC1CCN(C(=O)Cn2c(=O)[nH]c3ccccc32)CC1.Cl. The van der Waals surface area contributed by atoms with Crippen LogP contribution in [0, 0.1) is 5.92 Å². The molecule has 1 saturated heterocycles. The second-order valence-corrected chi connectivity index (χ2v) is 6.25. The van der Waals surface area contributed by atoms with Gasteiger partial charge in [0.25, 0.3) is 0 Å². The Morgan fingerprint density at radius 3 is 2.71 bits per heavy atom. The number of fused-ring (bicyclic) bond motifs is 1. The molecule has 0 atom stereocenters. The molecule has 6 nitrogen and oxygen atoms in total. The van der Waals surface area contributed by atoms with E-state index in [9.17, 15) is 9.59 Å². The quantitative estimate of drug-likeness (QED) is 0.858. The molecule has 0 bridgehead atoms. The summed E-state index contributed by atoms with van der Waals surface area (Å²) in [6.07, 6.45) is 3.27. The highest BCUT2D eigenvalue weighted by atomic mass is 35.5. The fraction of sp³-hybridized carbons (Fsp3) is 0.529. The fourth-order valence-corrected chi connectivity index (χ4v) is 3.32. The maximum atomic E-state index is 12.5. The molecule has 0 unspecified atom stereocenters. The van der Waals surface area contributed by atoms with Crippen molar-refractivity contribution in [1.29, 1.82) is 0 Å². The van der Waals surface area contributed by atoms with Gasteiger partial charge in [0.15, 0.2) is 0 Å². The van der Waals surface area contributed by atoms with Gasteiger partial charge in [-0.1, -0.05) is 12.1 Å². The molecule has 1 aromatic carbocycles. The van der Waals surface area contributed by atoms with Crippen molar-refractivity contribution in [2.24, 2.45) is 5.92 Å². The van der Waals surface area contributed by atoms with Gasteiger partial charge in [-0.25, -0.2) is 4.79 Å². The number of aromatic amines is 1. The molecule has 3 rings (SSSR count). The van der Waals surface area contributed by atoms with Crippen LogP contribution >= 0.6 is 12.4 Å². The predicted molar refractivity (Wildman–Crippen MR) is 97.7 cm³/mol. The van der Waals surface area contributed by atoms with E-state index >= 15 is 0 Å². The van der Waals surface area contributed by atoms with E-state index in [1.165, 1.54) is 11.0 Å². The zero-order valence-corrected chi connectivity index (χ0v) is 14.8. The van der Waals surface area contributed by atoms with Crippen molar-refractivity contribution in [2.75, 3.05) is 26.7 Å². The molecule has 1 aromatic heterocycles. The summed E-state index contributed by atoms with van der Waals surface area (Å²) in [5.74, 6) is 0.728. The highest BCUT2D eigenvalue weighted by Gasteiger charge is 2.23. The molecule has 132 valence electrons. The van der Waals surface area contributed by atoms with Crippen LogP contribution in [0.1, 0.15) is 19.3 Å². The van der Waals surface area contributed by atoms with Crippen LogP contribution in [0.3, 0.4) is 0 Å². The van der Waals surface area contributed by atoms with Gasteiger partial charge in [0.2, 0.25) is 5.91 Å². The Bertz CT molecular complexity index is 732. The number of para-hydroxylation sites is 2. The molecule has 0 radical (unpaired) electrons. The monoisotopic (exact) mass is 352 g/mol. The van der Waals surface area contributed by atoms with Gasteiger partial charge < -0.3 is 15.2 Å². The van der Waals surface area contributed by atoms with E-state index in [-0.39, 0.29) is 30.5 Å². The van der Waals surface area contributed by atoms with Crippen LogP contribution in [-0.2, 0) is 11.3 Å². The summed E-state index contributed by atoms with van der Waals surface area (Å²) in [5.41, 5.74) is 1.34. The first-order valence-electron chi connectivity index (χ1n) is 8.29. The van der Waals surface area contributed by atoms with E-state index in [1.54, 1.807) is 0 Å². The minimum Gasteiger partial charge on any atom is -0.341 e. The number of carbonyl (C=O) groups excluding carboxylic acids is 1. The van der Waals surface area contributed by atoms with Gasteiger partial charge in [-0.2, -0.15) is 0 Å². The summed E-state index contributed by atoms with van der Waals surface area (Å²) in [5, 5.41) is 3.18. The van der Waals surface area contributed by atoms with Crippen molar-refractivity contribution in [2.45, 2.75) is 25.8 Å². The van der Waals surface area contributed by atoms with Crippen LogP contribution in [-0.4, -0.2) is 47.0 Å². The summed E-state index contributed by atoms with van der Waals surface area (Å²) < 4.78 is 1.53. The molecule has 0 saturated carbocycles. The number of imidazole rings is 1. The predicted octanol–water partition coefficient (Wildman–Crippen LogP) is 1.60. The minimum absolute atomic E-state index is 0. The molecule has 2 aromatic rings. The third-order valence-electron chi connectivity index (χ3n) is 4.74. The topological polar surface area (TPSA) is 70.1 Å². The number of nitrogens with zero attached hydrogens (tertiary/aromatic N) is 2. The zero-order valence-electron chi connectivity index (χ0n) is 14.0. The number of benzene rings is 1. The van der Waals surface area contributed by atoms with Crippen LogP contribution in [0.5, 0.6) is 0 Å². The molecule has 1 fully saturated rings. The molecular weight excluding hydrogens is 328 g/mol. The van der Waals surface area contributed by atoms with Gasteiger partial charge in [-0.05, 0) is 50.9 Å². The second-order valence-electron chi connectivity index (χ2n) is 6.25. The van der Waals surface area contributed by atoms with Crippen LogP contribution in [0.15, 0.2) is 29.1 Å². The van der Waals surface area contributed by atoms with Gasteiger partial charge in [-0.3, -0.25) is 9.36 Å². The van der Waals surface area contributed by atoms with E-state index < -0.39 is 0 Å². The van der Waals surface area contributed by atoms with Gasteiger partial charge >= 0.3 is 5.69 Å². The second kappa shape index (κ2) is 8.35. The first-order valence-corrected chi connectivity index (χ1v) is 8.29. The first-order chi connectivity index (χ1) is 11.2. The van der Waals surface area contributed by atoms with Crippen molar-refractivity contribution in [3.8, 4) is 0 Å². The van der Waals surface area contributed by atoms with Gasteiger partial charge in [0, 0.05) is 13.1 Å². The summed E-state index contributed by atoms with van der Waals surface area (Å²) in [6.45, 7) is 2.74. The summed E-state index contributed by atoms with van der Waals surface area (Å²) in [7, 11) is 1.97. The Balaban J connectivity index is 0.00000208. The number of halogens is 1. The fourth-order valence-electron chi connectivity index (χ4n) is 3.32. The van der Waals surface area contributed by atoms with E-state index in [0.717, 1.165) is 43.5 Å². The van der Waals surface area contributed by atoms with Crippen molar-refractivity contribution in [3.63, 3.8) is 0 Å². The minimum atomic E-state index is -0.219. The normalized spacial score (nSPS) is 15.5. The Hall–Kier alpha value is -1.79. The number of hydrogen-bond acceptors (Lipinski definition) is 3. The molecule has 0 aliphatic carbocycles. The molecule has 7 heteroatoms. The number of nitrogens with one attached hydrogen (secondary N) is 2. The van der Waals surface area contributed by atoms with Crippen molar-refractivity contribution in [1.82, 2.24) is 19.8 Å². The van der Waals surface area contributed by atoms with E-state index in [0.29, 0.717) is 5.92 Å². The Kier molecular flexibility index (Phi) is 6.45. The average Bonchev–Trinajstić information content (AvgIpc) is 2.89. The van der Waals surface area contributed by atoms with E-state index in [1.807, 2.05) is 36.2 Å². The molecule has 1 amide bonds. The largest absolute Gasteiger partial charge is 0.341 e. The number of hydrogen-bond donors (Lipinski definition) is 2. The van der Waals surface area contributed by atoms with Gasteiger partial charge in [0.1, 0.15) is 6.54 Å². The van der Waals surface area contributed by atoms with E-state index in [2.05, 4.69) is 10.3 Å². The van der Waals surface area contributed by atoms with Crippen LogP contribution in [0.4, 0.5) is 0 Å². The van der Waals surface area contributed by atoms with Crippen LogP contribution in [0.25, 0.3) is 11.0 Å². The number of likely N-dealkylation sites (tertiary alicyclic amines) is 1. The lowest BCUT2D eigenvalue weighted by Gasteiger charge is -2.32. The van der Waals surface area contributed by atoms with Crippen LogP contribution < -0.4 is 11.0 Å². The zero-order chi connectivity index (χ0) is 16.2. The average molecular weight is 353 g/mol. The molecule has 1 aliphatic heterocycles. The van der Waals surface area contributed by atoms with Crippen molar-refractivity contribution in [3.05, 3.63) is 34.7 Å². The smallest absolute Gasteiger partial charge is 0.326 e. The maximum Gasteiger partial charge on any atom is 0.326 e. The van der Waals surface area contributed by atoms with Gasteiger partial charge in [0.05, 0.1) is 11.0 Å². The summed E-state index contributed by atoms with van der Waals surface area (Å²) >= 11 is 0. The third-order valence-corrected chi connectivity index (χ3v) is 4.74. The molecule has 0 spiro atoms. The molecule has 1 aliphatic rings. The lowest BCUT2D eigenvalue weighted by atomic mass is 9.93. The van der Waals surface area contributed by atoms with E-state index in [4.69, 9.17) is 0 Å². The number of carbonyl (C=O) groups is 1. The standard InChI is InChI=1S/C17H24N4O2.ClH/c1-18-9-6-13-7-10-20(11-8-13)16(22)12-21-15-5-3-2-4-14(15)19-17(21)23;/h2-5,13,18H,6-12H2,1H3,(H,19,23);1H. The number of aromatic nitrogens is 2. The summed E-state index contributed by atoms with van der Waals surface area (Å²) in [6, 6.07) is 7.47. The highest BCUT2D eigenvalue weighted by molar-refractivity contribution is 5.85. The lowest BCUT2D eigenvalue weighted by molar-refractivity contribution is -0.133. The maximum absolute atomic E-state index is 12.5. The molecule has 2 N–H and O–H groups in total. The first kappa shape index (κ1) is 18.5. The third kappa shape index (κ3) is 3.99. The molecular formula is C17H25ClN4O2. The number of amides is 1. The summed E-state index contributed by atoms with van der Waals surface area (Å²) in [4.78, 5) is 29.3. The van der Waals surface area contributed by atoms with Crippen molar-refractivity contribution < 1.29 is 4.79 Å². The van der Waals surface area contributed by atoms with Crippen molar-refractivity contribution >= 4 is 29.3 Å². The lowest BCUT2D eigenvalue weighted by Crippen LogP contribution is -2.41. The molecule has 24 heavy (non-hydrogen) atoms. The molecule has 2 heterocycles. The number of rotatable bonds is 5. The highest BCUT2D eigenvalue weighted by Crippen LogP contribution is 2.20. The Labute approximate surface area is 147 Å². The van der Waals surface area contributed by atoms with Gasteiger partial charge in [-0.15, -0.1) is 12.4 Å². The van der Waals surface area contributed by atoms with Crippen LogP contribution in [0.2, 0.25) is 0 Å².